The van der Waals surface area contributed by atoms with Gasteiger partial charge in [0.1, 0.15) is 18.3 Å². The maximum absolute atomic E-state index is 10.5. The smallest absolute Gasteiger partial charge is 0.186 e. The molecule has 1 saturated heterocycles. The van der Waals surface area contributed by atoms with E-state index in [2.05, 4.69) is 40.7 Å². The Hall–Kier alpha value is -0.460. The summed E-state index contributed by atoms with van der Waals surface area (Å²) in [6, 6.07) is 0. The number of hydrogen-bond acceptors (Lipinski definition) is 5. The minimum atomic E-state index is -1.24. The Morgan fingerprint density at radius 1 is 0.947 bits per heavy atom. The van der Waals surface area contributed by atoms with Gasteiger partial charge in [-0.1, -0.05) is 65.5 Å². The molecule has 4 aliphatic carbocycles. The van der Waals surface area contributed by atoms with Gasteiger partial charge in [0.05, 0.1) is 12.2 Å². The Morgan fingerprint density at radius 2 is 1.71 bits per heavy atom. The highest BCUT2D eigenvalue weighted by atomic mass is 16.7. The van der Waals surface area contributed by atoms with Crippen LogP contribution in [0.3, 0.4) is 0 Å². The lowest BCUT2D eigenvalue weighted by atomic mass is 9.47. The lowest BCUT2D eigenvalue weighted by molar-refractivity contribution is -0.305. The van der Waals surface area contributed by atoms with Crippen LogP contribution >= 0.6 is 0 Å². The van der Waals surface area contributed by atoms with Crippen LogP contribution in [0.25, 0.3) is 0 Å². The van der Waals surface area contributed by atoms with Crippen molar-refractivity contribution in [2.45, 2.75) is 149 Å². The first kappa shape index (κ1) is 29.0. The molecule has 0 amide bonds. The fourth-order valence-corrected chi connectivity index (χ4v) is 10.1. The second-order valence-corrected chi connectivity index (χ2v) is 15.0. The molecule has 0 aromatic heterocycles. The van der Waals surface area contributed by atoms with Crippen LogP contribution in [-0.2, 0) is 9.47 Å². The van der Waals surface area contributed by atoms with Gasteiger partial charge in [0.2, 0.25) is 0 Å². The maximum Gasteiger partial charge on any atom is 0.186 e. The third-order valence-corrected chi connectivity index (χ3v) is 12.4. The summed E-state index contributed by atoms with van der Waals surface area (Å²) in [5.74, 6) is 5.00. The van der Waals surface area contributed by atoms with E-state index in [9.17, 15) is 15.3 Å². The van der Waals surface area contributed by atoms with Crippen LogP contribution in [0.15, 0.2) is 11.6 Å². The molecule has 1 heterocycles. The van der Waals surface area contributed by atoms with Crippen molar-refractivity contribution < 1.29 is 24.8 Å². The number of ether oxygens (including phenoxy) is 2. The number of rotatable bonds is 7. The standard InChI is InChI=1S/C33H56O5/c1-19(2)8-7-9-20(3)25-12-13-26-24-11-10-22-18-23(38-31-30(36)29(35)28(34)21(4)37-31)14-16-32(22,5)27(24)15-17-33(25,26)6/h10,19-21,23-31,34-36H,7-9,11-18H2,1-6H3/t20-,21+,23?,24+,25-,26+,27+,28+,29-,30-,31+,32+,33-/m1/s1. The van der Waals surface area contributed by atoms with Gasteiger partial charge < -0.3 is 24.8 Å². The molecule has 5 nitrogen and oxygen atoms in total. The highest BCUT2D eigenvalue weighted by molar-refractivity contribution is 5.25. The summed E-state index contributed by atoms with van der Waals surface area (Å²) in [6.45, 7) is 14.2. The molecule has 1 unspecified atom stereocenters. The van der Waals surface area contributed by atoms with E-state index < -0.39 is 30.7 Å². The first-order valence-electron chi connectivity index (χ1n) is 16.0. The van der Waals surface area contributed by atoms with Crippen LogP contribution in [-0.4, -0.2) is 52.1 Å². The van der Waals surface area contributed by atoms with Gasteiger partial charge in [-0.15, -0.1) is 0 Å². The quantitative estimate of drug-likeness (QED) is 0.338. The summed E-state index contributed by atoms with van der Waals surface area (Å²) < 4.78 is 12.0. The van der Waals surface area contributed by atoms with Crippen molar-refractivity contribution in [2.75, 3.05) is 0 Å². The van der Waals surface area contributed by atoms with Crippen molar-refractivity contribution in [1.82, 2.24) is 0 Å². The van der Waals surface area contributed by atoms with Gasteiger partial charge in [-0.25, -0.2) is 0 Å². The zero-order valence-corrected chi connectivity index (χ0v) is 24.9. The summed E-state index contributed by atoms with van der Waals surface area (Å²) in [6.07, 6.45) is 11.5. The molecule has 218 valence electrons. The first-order chi connectivity index (χ1) is 18.0. The van der Waals surface area contributed by atoms with Crippen LogP contribution in [0.1, 0.15) is 112 Å². The SMILES string of the molecule is CC(C)CCC[C@@H](C)[C@H]1CC[C@H]2[C@@H]3CC=C4CC(O[C@@H]5O[C@@H](C)[C@H](O)[C@@H](O)[C@H]5O)CC[C@]4(C)[C@H]3CC[C@]12C. The molecule has 3 saturated carbocycles. The highest BCUT2D eigenvalue weighted by Gasteiger charge is 2.59. The summed E-state index contributed by atoms with van der Waals surface area (Å²) in [4.78, 5) is 0. The monoisotopic (exact) mass is 532 g/mol. The van der Waals surface area contributed by atoms with Gasteiger partial charge in [-0.05, 0) is 105 Å². The molecule has 0 aromatic rings. The molecule has 38 heavy (non-hydrogen) atoms. The zero-order chi connectivity index (χ0) is 27.4. The minimum absolute atomic E-state index is 0.0171. The van der Waals surface area contributed by atoms with Crippen LogP contribution in [0, 0.1) is 46.3 Å². The van der Waals surface area contributed by atoms with Gasteiger partial charge in [-0.3, -0.25) is 0 Å². The van der Waals surface area contributed by atoms with Gasteiger partial charge in [0.15, 0.2) is 6.29 Å². The Bertz CT molecular complexity index is 856. The molecule has 5 rings (SSSR count). The zero-order valence-electron chi connectivity index (χ0n) is 24.9. The van der Waals surface area contributed by atoms with Crippen LogP contribution in [0.4, 0.5) is 0 Å². The van der Waals surface area contributed by atoms with E-state index in [1.54, 1.807) is 12.5 Å². The molecule has 5 heteroatoms. The third kappa shape index (κ3) is 5.06. The minimum Gasteiger partial charge on any atom is -0.388 e. The predicted octanol–water partition coefficient (Wildman–Crippen LogP) is 6.24. The number of hydrogen-bond donors (Lipinski definition) is 3. The molecule has 1 aliphatic heterocycles. The summed E-state index contributed by atoms with van der Waals surface area (Å²) >= 11 is 0. The van der Waals surface area contributed by atoms with Gasteiger partial charge in [0.25, 0.3) is 0 Å². The van der Waals surface area contributed by atoms with Crippen LogP contribution in [0.5, 0.6) is 0 Å². The molecular weight excluding hydrogens is 476 g/mol. The topological polar surface area (TPSA) is 79.2 Å². The van der Waals surface area contributed by atoms with E-state index in [0.29, 0.717) is 5.41 Å². The first-order valence-corrected chi connectivity index (χ1v) is 16.0. The Labute approximate surface area is 231 Å². The molecule has 0 bridgehead atoms. The van der Waals surface area contributed by atoms with Crippen molar-refractivity contribution in [1.29, 1.82) is 0 Å². The Kier molecular flexibility index (Phi) is 8.47. The number of allylic oxidation sites excluding steroid dienone is 1. The van der Waals surface area contributed by atoms with Crippen molar-refractivity contribution in [3.63, 3.8) is 0 Å². The van der Waals surface area contributed by atoms with Crippen LogP contribution < -0.4 is 0 Å². The van der Waals surface area contributed by atoms with Gasteiger partial charge >= 0.3 is 0 Å². The molecule has 13 atom stereocenters. The summed E-state index contributed by atoms with van der Waals surface area (Å²) in [5, 5.41) is 30.7. The van der Waals surface area contributed by atoms with E-state index in [1.807, 2.05) is 0 Å². The number of aliphatic hydroxyl groups excluding tert-OH is 3. The average molecular weight is 533 g/mol. The van der Waals surface area contributed by atoms with Gasteiger partial charge in [0, 0.05) is 0 Å². The third-order valence-electron chi connectivity index (χ3n) is 12.4. The number of aliphatic hydroxyl groups is 3. The molecule has 0 radical (unpaired) electrons. The highest BCUT2D eigenvalue weighted by Crippen LogP contribution is 2.67. The van der Waals surface area contributed by atoms with Crippen molar-refractivity contribution >= 4 is 0 Å². The summed E-state index contributed by atoms with van der Waals surface area (Å²) in [7, 11) is 0. The molecular formula is C33H56O5. The molecule has 0 aromatic carbocycles. The maximum atomic E-state index is 10.5. The number of fused-ring (bicyclic) bond motifs is 5. The molecule has 3 N–H and O–H groups in total. The Balaban J connectivity index is 1.24. The normalized spacial score (nSPS) is 49.7. The average Bonchev–Trinajstić information content (AvgIpc) is 3.23. The fourth-order valence-electron chi connectivity index (χ4n) is 10.1. The van der Waals surface area contributed by atoms with E-state index >= 15 is 0 Å². The summed E-state index contributed by atoms with van der Waals surface area (Å²) in [5.41, 5.74) is 2.31. The predicted molar refractivity (Wildman–Crippen MR) is 150 cm³/mol. The van der Waals surface area contributed by atoms with Gasteiger partial charge in [-0.2, -0.15) is 0 Å². The lowest BCUT2D eigenvalue weighted by Gasteiger charge is -2.58. The second kappa shape index (κ2) is 11.1. The molecule has 5 aliphatic rings. The largest absolute Gasteiger partial charge is 0.388 e. The van der Waals surface area contributed by atoms with E-state index in [1.165, 1.54) is 51.4 Å². The Morgan fingerprint density at radius 3 is 2.45 bits per heavy atom. The van der Waals surface area contributed by atoms with Crippen LogP contribution in [0.2, 0.25) is 0 Å². The van der Waals surface area contributed by atoms with Crippen molar-refractivity contribution in [3.8, 4) is 0 Å². The van der Waals surface area contributed by atoms with Crippen molar-refractivity contribution in [2.24, 2.45) is 46.3 Å². The van der Waals surface area contributed by atoms with Crippen molar-refractivity contribution in [3.05, 3.63) is 11.6 Å². The molecule has 0 spiro atoms. The van der Waals surface area contributed by atoms with E-state index in [4.69, 9.17) is 9.47 Å². The molecule has 4 fully saturated rings. The van der Waals surface area contributed by atoms with E-state index in [-0.39, 0.29) is 11.5 Å². The fraction of sp³-hybridized carbons (Fsp3) is 0.939. The second-order valence-electron chi connectivity index (χ2n) is 15.0. The van der Waals surface area contributed by atoms with E-state index in [0.717, 1.165) is 54.8 Å². The lowest BCUT2D eigenvalue weighted by Crippen LogP contribution is -2.58.